The van der Waals surface area contributed by atoms with Crippen LogP contribution in [-0.2, 0) is 11.3 Å². The molecule has 0 aliphatic heterocycles. The van der Waals surface area contributed by atoms with Gasteiger partial charge in [-0.1, -0.05) is 30.3 Å². The Kier molecular flexibility index (Phi) is 4.83. The lowest BCUT2D eigenvalue weighted by molar-refractivity contribution is -0.122. The smallest absolute Gasteiger partial charge is 0.263 e. The Bertz CT molecular complexity index is 1180. The van der Waals surface area contributed by atoms with Crippen molar-refractivity contribution in [1.82, 2.24) is 14.9 Å². The number of thiophene rings is 1. The molecule has 0 saturated carbocycles. The SMILES string of the molecule is Cc1sc2ncn(CC(=O)N[C@@H](C)c3ccco3)c(=O)c2c1-c1ccccc1. The van der Waals surface area contributed by atoms with Gasteiger partial charge in [-0.25, -0.2) is 4.98 Å². The Morgan fingerprint density at radius 1 is 1.25 bits per heavy atom. The number of carbonyl (C=O) groups is 1. The van der Waals surface area contributed by atoms with Crippen LogP contribution in [0.2, 0.25) is 0 Å². The Morgan fingerprint density at radius 2 is 2.04 bits per heavy atom. The summed E-state index contributed by atoms with van der Waals surface area (Å²) in [6, 6.07) is 13.1. The third-order valence-corrected chi connectivity index (χ3v) is 5.59. The lowest BCUT2D eigenvalue weighted by Crippen LogP contribution is -2.33. The maximum atomic E-state index is 13.1. The fourth-order valence-corrected chi connectivity index (χ4v) is 4.26. The molecule has 6 nitrogen and oxygen atoms in total. The molecule has 0 spiro atoms. The highest BCUT2D eigenvalue weighted by atomic mass is 32.1. The van der Waals surface area contributed by atoms with E-state index in [1.165, 1.54) is 22.2 Å². The third-order valence-electron chi connectivity index (χ3n) is 4.58. The predicted octanol–water partition coefficient (Wildman–Crippen LogP) is 3.90. The number of nitrogens with one attached hydrogen (secondary N) is 1. The van der Waals surface area contributed by atoms with E-state index in [1.54, 1.807) is 18.4 Å². The number of hydrogen-bond acceptors (Lipinski definition) is 5. The molecule has 3 heterocycles. The van der Waals surface area contributed by atoms with Crippen LogP contribution in [0.4, 0.5) is 0 Å². The zero-order chi connectivity index (χ0) is 19.7. The normalized spacial score (nSPS) is 12.2. The zero-order valence-electron chi connectivity index (χ0n) is 15.5. The molecule has 0 fully saturated rings. The van der Waals surface area contributed by atoms with Crippen LogP contribution in [0, 0.1) is 6.92 Å². The van der Waals surface area contributed by atoms with Gasteiger partial charge in [0, 0.05) is 10.4 Å². The molecule has 0 aliphatic carbocycles. The molecule has 0 radical (unpaired) electrons. The first-order valence-electron chi connectivity index (χ1n) is 8.91. The molecule has 28 heavy (non-hydrogen) atoms. The van der Waals surface area contributed by atoms with Crippen LogP contribution in [0.15, 0.2) is 64.3 Å². The van der Waals surface area contributed by atoms with Crippen molar-refractivity contribution >= 4 is 27.5 Å². The summed E-state index contributed by atoms with van der Waals surface area (Å²) in [6.45, 7) is 3.71. The van der Waals surface area contributed by atoms with Crippen molar-refractivity contribution in [1.29, 1.82) is 0 Å². The second-order valence-electron chi connectivity index (χ2n) is 6.56. The van der Waals surface area contributed by atoms with E-state index >= 15 is 0 Å². The topological polar surface area (TPSA) is 77.1 Å². The van der Waals surface area contributed by atoms with Gasteiger partial charge in [0.15, 0.2) is 0 Å². The van der Waals surface area contributed by atoms with Crippen LogP contribution in [0.3, 0.4) is 0 Å². The molecule has 1 aromatic carbocycles. The van der Waals surface area contributed by atoms with Crippen molar-refractivity contribution in [2.45, 2.75) is 26.4 Å². The molecule has 0 aliphatic rings. The van der Waals surface area contributed by atoms with Gasteiger partial charge in [0.2, 0.25) is 5.91 Å². The molecule has 1 N–H and O–H groups in total. The molecule has 4 rings (SSSR count). The number of nitrogens with zero attached hydrogens (tertiary/aromatic N) is 2. The summed E-state index contributed by atoms with van der Waals surface area (Å²) in [4.78, 5) is 31.7. The van der Waals surface area contributed by atoms with Gasteiger partial charge < -0.3 is 9.73 Å². The number of rotatable bonds is 5. The number of hydrogen-bond donors (Lipinski definition) is 1. The molecule has 1 amide bonds. The molecular formula is C21H19N3O3S. The van der Waals surface area contributed by atoms with E-state index in [2.05, 4.69) is 10.3 Å². The van der Waals surface area contributed by atoms with Crippen LogP contribution in [0.25, 0.3) is 21.3 Å². The summed E-state index contributed by atoms with van der Waals surface area (Å²) >= 11 is 1.49. The summed E-state index contributed by atoms with van der Waals surface area (Å²) < 4.78 is 6.65. The van der Waals surface area contributed by atoms with Crippen LogP contribution in [0.5, 0.6) is 0 Å². The lowest BCUT2D eigenvalue weighted by atomic mass is 10.0. The van der Waals surface area contributed by atoms with Crippen LogP contribution < -0.4 is 10.9 Å². The van der Waals surface area contributed by atoms with E-state index < -0.39 is 0 Å². The number of carbonyl (C=O) groups excluding carboxylic acids is 1. The van der Waals surface area contributed by atoms with Crippen LogP contribution in [0.1, 0.15) is 23.6 Å². The average molecular weight is 393 g/mol. The highest BCUT2D eigenvalue weighted by molar-refractivity contribution is 7.19. The van der Waals surface area contributed by atoms with E-state index in [1.807, 2.05) is 44.2 Å². The number of aromatic nitrogens is 2. The summed E-state index contributed by atoms with van der Waals surface area (Å²) in [5.41, 5.74) is 1.64. The molecule has 3 aromatic heterocycles. The fraction of sp³-hybridized carbons (Fsp3) is 0.190. The Morgan fingerprint density at radius 3 is 2.75 bits per heavy atom. The molecular weight excluding hydrogens is 374 g/mol. The lowest BCUT2D eigenvalue weighted by Gasteiger charge is -2.12. The summed E-state index contributed by atoms with van der Waals surface area (Å²) in [5.74, 6) is 0.384. The second kappa shape index (κ2) is 7.44. The molecule has 0 bridgehead atoms. The number of furan rings is 1. The van der Waals surface area contributed by atoms with Crippen molar-refractivity contribution in [3.05, 3.63) is 76.0 Å². The molecule has 0 saturated heterocycles. The van der Waals surface area contributed by atoms with Gasteiger partial charge in [0.25, 0.3) is 5.56 Å². The zero-order valence-corrected chi connectivity index (χ0v) is 16.3. The van der Waals surface area contributed by atoms with Gasteiger partial charge in [-0.2, -0.15) is 0 Å². The fourth-order valence-electron chi connectivity index (χ4n) is 3.25. The van der Waals surface area contributed by atoms with Gasteiger partial charge in [0.1, 0.15) is 17.1 Å². The van der Waals surface area contributed by atoms with Crippen molar-refractivity contribution in [3.63, 3.8) is 0 Å². The Hall–Kier alpha value is -3.19. The van der Waals surface area contributed by atoms with Gasteiger partial charge in [-0.15, -0.1) is 11.3 Å². The minimum atomic E-state index is -0.279. The maximum absolute atomic E-state index is 13.1. The minimum absolute atomic E-state index is 0.101. The standard InChI is InChI=1S/C21H19N3O3S/c1-13(16-9-6-10-27-16)23-17(25)11-24-12-22-20-19(21(24)26)18(14(2)28-20)15-7-4-3-5-8-15/h3-10,12-13H,11H2,1-2H3,(H,23,25)/t13-/m0/s1. The number of benzene rings is 1. The average Bonchev–Trinajstić information content (AvgIpc) is 3.32. The van der Waals surface area contributed by atoms with Crippen molar-refractivity contribution in [2.24, 2.45) is 0 Å². The van der Waals surface area contributed by atoms with Crippen LogP contribution in [-0.4, -0.2) is 15.5 Å². The van der Waals surface area contributed by atoms with Crippen molar-refractivity contribution in [3.8, 4) is 11.1 Å². The summed E-state index contributed by atoms with van der Waals surface area (Å²) in [5, 5.41) is 3.40. The number of aryl methyl sites for hydroxylation is 1. The molecule has 0 unspecified atom stereocenters. The largest absolute Gasteiger partial charge is 0.467 e. The predicted molar refractivity (Wildman–Crippen MR) is 109 cm³/mol. The number of fused-ring (bicyclic) bond motifs is 1. The van der Waals surface area contributed by atoms with Gasteiger partial charge in [0.05, 0.1) is 24.0 Å². The quantitative estimate of drug-likeness (QED) is 0.558. The van der Waals surface area contributed by atoms with Gasteiger partial charge >= 0.3 is 0 Å². The van der Waals surface area contributed by atoms with Crippen molar-refractivity contribution in [2.75, 3.05) is 0 Å². The minimum Gasteiger partial charge on any atom is -0.467 e. The first-order chi connectivity index (χ1) is 13.5. The molecule has 7 heteroatoms. The van der Waals surface area contributed by atoms with E-state index in [4.69, 9.17) is 4.42 Å². The highest BCUT2D eigenvalue weighted by Crippen LogP contribution is 2.35. The van der Waals surface area contributed by atoms with Crippen molar-refractivity contribution < 1.29 is 9.21 Å². The van der Waals surface area contributed by atoms with E-state index in [0.29, 0.717) is 16.0 Å². The first kappa shape index (κ1) is 18.2. The third kappa shape index (κ3) is 3.36. The van der Waals surface area contributed by atoms with Gasteiger partial charge in [-0.3, -0.25) is 14.2 Å². The second-order valence-corrected chi connectivity index (χ2v) is 7.76. The van der Waals surface area contributed by atoms with E-state index in [9.17, 15) is 9.59 Å². The highest BCUT2D eigenvalue weighted by Gasteiger charge is 2.18. The van der Waals surface area contributed by atoms with Gasteiger partial charge in [-0.05, 0) is 31.5 Å². The maximum Gasteiger partial charge on any atom is 0.263 e. The van der Waals surface area contributed by atoms with E-state index in [-0.39, 0.29) is 24.1 Å². The number of amides is 1. The summed E-state index contributed by atoms with van der Waals surface area (Å²) in [6.07, 6.45) is 3.00. The monoisotopic (exact) mass is 393 g/mol. The summed E-state index contributed by atoms with van der Waals surface area (Å²) in [7, 11) is 0. The Balaban J connectivity index is 1.66. The molecule has 142 valence electrons. The molecule has 1 atom stereocenters. The first-order valence-corrected chi connectivity index (χ1v) is 9.73. The molecule has 4 aromatic rings. The van der Waals surface area contributed by atoms with E-state index in [0.717, 1.165) is 16.0 Å². The Labute approximate surface area is 165 Å². The van der Waals surface area contributed by atoms with Crippen LogP contribution >= 0.6 is 11.3 Å².